The van der Waals surface area contributed by atoms with Crippen molar-refractivity contribution in [3.63, 3.8) is 0 Å². The van der Waals surface area contributed by atoms with Gasteiger partial charge >= 0.3 is 12.0 Å². The molecule has 0 aromatic heterocycles. The van der Waals surface area contributed by atoms with Crippen LogP contribution >= 0.6 is 11.6 Å². The van der Waals surface area contributed by atoms with E-state index in [1.807, 2.05) is 0 Å². The summed E-state index contributed by atoms with van der Waals surface area (Å²) in [4.78, 5) is 49.9. The van der Waals surface area contributed by atoms with E-state index in [1.165, 1.54) is 25.3 Å². The Balaban J connectivity index is 1.68. The molecule has 1 heterocycles. The number of hydrogen-bond acceptors (Lipinski definition) is 5. The summed E-state index contributed by atoms with van der Waals surface area (Å²) in [6.45, 7) is -0.400. The minimum absolute atomic E-state index is 0.105. The summed E-state index contributed by atoms with van der Waals surface area (Å²) in [5, 5.41) is 5.51. The third kappa shape index (κ3) is 3.75. The van der Waals surface area contributed by atoms with Crippen LogP contribution in [-0.4, -0.2) is 47.9 Å². The van der Waals surface area contributed by atoms with Crippen molar-refractivity contribution in [2.24, 2.45) is 0 Å². The number of amides is 4. The maximum Gasteiger partial charge on any atom is 0.339 e. The molecule has 27 heavy (non-hydrogen) atoms. The molecule has 3 rings (SSSR count). The lowest BCUT2D eigenvalue weighted by Crippen LogP contribution is -2.48. The minimum atomic E-state index is -0.867. The molecule has 1 aliphatic heterocycles. The summed E-state index contributed by atoms with van der Waals surface area (Å²) in [6.07, 6.45) is 3.95. The van der Waals surface area contributed by atoms with E-state index in [0.717, 1.165) is 24.2 Å². The van der Waals surface area contributed by atoms with Gasteiger partial charge in [-0.25, -0.2) is 9.59 Å². The number of esters is 1. The molecule has 2 aliphatic rings. The number of hydrogen-bond donors (Lipinski definition) is 2. The summed E-state index contributed by atoms with van der Waals surface area (Å²) >= 11 is 5.95. The molecule has 0 unspecified atom stereocenters. The van der Waals surface area contributed by atoms with E-state index in [2.05, 4.69) is 15.4 Å². The van der Waals surface area contributed by atoms with Crippen molar-refractivity contribution in [2.75, 3.05) is 19.0 Å². The molecule has 2 fully saturated rings. The van der Waals surface area contributed by atoms with Crippen molar-refractivity contribution in [1.29, 1.82) is 0 Å². The van der Waals surface area contributed by atoms with Crippen LogP contribution < -0.4 is 10.6 Å². The van der Waals surface area contributed by atoms with Crippen molar-refractivity contribution < 1.29 is 23.9 Å². The fourth-order valence-corrected chi connectivity index (χ4v) is 3.72. The molecular formula is C18H20ClN3O5. The number of imide groups is 1. The van der Waals surface area contributed by atoms with Gasteiger partial charge in [0.25, 0.3) is 5.91 Å². The van der Waals surface area contributed by atoms with Gasteiger partial charge < -0.3 is 15.4 Å². The molecule has 0 radical (unpaired) electrons. The maximum atomic E-state index is 12.7. The quantitative estimate of drug-likeness (QED) is 0.603. The molecule has 1 saturated carbocycles. The van der Waals surface area contributed by atoms with Crippen LogP contribution in [0.15, 0.2) is 18.2 Å². The first kappa shape index (κ1) is 19.2. The minimum Gasteiger partial charge on any atom is -0.465 e. The van der Waals surface area contributed by atoms with Crippen molar-refractivity contribution in [3.8, 4) is 0 Å². The Kier molecular flexibility index (Phi) is 5.36. The Morgan fingerprint density at radius 2 is 1.96 bits per heavy atom. The number of ether oxygens (including phenoxy) is 1. The largest absolute Gasteiger partial charge is 0.465 e. The van der Waals surface area contributed by atoms with Crippen LogP contribution in [0.1, 0.15) is 42.5 Å². The first-order valence-corrected chi connectivity index (χ1v) is 9.06. The number of rotatable bonds is 4. The molecule has 0 bridgehead atoms. The van der Waals surface area contributed by atoms with E-state index < -0.39 is 30.0 Å². The number of benzene rings is 1. The van der Waals surface area contributed by atoms with Crippen LogP contribution in [0.2, 0.25) is 5.02 Å². The Bertz CT molecular complexity index is 804. The van der Waals surface area contributed by atoms with Crippen LogP contribution in [0.25, 0.3) is 0 Å². The lowest BCUT2D eigenvalue weighted by molar-refractivity contribution is -0.134. The number of anilines is 1. The number of nitrogens with one attached hydrogen (secondary N) is 2. The number of carbonyl (C=O) groups is 4. The molecule has 2 N–H and O–H groups in total. The number of methoxy groups -OCH3 is 1. The zero-order chi connectivity index (χ0) is 19.6. The van der Waals surface area contributed by atoms with Gasteiger partial charge in [-0.05, 0) is 31.0 Å². The van der Waals surface area contributed by atoms with E-state index in [-0.39, 0.29) is 16.5 Å². The number of nitrogens with zero attached hydrogens (tertiary/aromatic N) is 1. The van der Waals surface area contributed by atoms with Crippen LogP contribution in [0.5, 0.6) is 0 Å². The van der Waals surface area contributed by atoms with Crippen LogP contribution in [-0.2, 0) is 14.3 Å². The van der Waals surface area contributed by atoms with E-state index in [1.54, 1.807) is 0 Å². The zero-order valence-corrected chi connectivity index (χ0v) is 15.6. The predicted molar refractivity (Wildman–Crippen MR) is 97.5 cm³/mol. The maximum absolute atomic E-state index is 12.7. The zero-order valence-electron chi connectivity index (χ0n) is 14.8. The van der Waals surface area contributed by atoms with Crippen LogP contribution in [0, 0.1) is 0 Å². The topological polar surface area (TPSA) is 105 Å². The molecule has 8 nitrogen and oxygen atoms in total. The molecule has 0 atom stereocenters. The van der Waals surface area contributed by atoms with E-state index in [4.69, 9.17) is 11.6 Å². The van der Waals surface area contributed by atoms with Gasteiger partial charge in [0.15, 0.2) is 0 Å². The summed E-state index contributed by atoms with van der Waals surface area (Å²) in [5.41, 5.74) is -0.453. The normalized spacial score (nSPS) is 18.4. The molecular weight excluding hydrogens is 374 g/mol. The van der Waals surface area contributed by atoms with Gasteiger partial charge in [0.2, 0.25) is 5.91 Å². The molecule has 1 aliphatic carbocycles. The van der Waals surface area contributed by atoms with Gasteiger partial charge in [0, 0.05) is 5.69 Å². The van der Waals surface area contributed by atoms with Gasteiger partial charge in [-0.1, -0.05) is 30.9 Å². The molecule has 9 heteroatoms. The van der Waals surface area contributed by atoms with Crippen LogP contribution in [0.3, 0.4) is 0 Å². The van der Waals surface area contributed by atoms with Gasteiger partial charge in [-0.3, -0.25) is 14.5 Å². The summed E-state index contributed by atoms with van der Waals surface area (Å²) < 4.78 is 4.63. The second-order valence-corrected chi connectivity index (χ2v) is 7.11. The highest BCUT2D eigenvalue weighted by Gasteiger charge is 2.51. The highest BCUT2D eigenvalue weighted by Crippen LogP contribution is 2.33. The monoisotopic (exact) mass is 393 g/mol. The number of urea groups is 1. The van der Waals surface area contributed by atoms with Gasteiger partial charge in [-0.15, -0.1) is 0 Å². The average molecular weight is 394 g/mol. The summed E-state index contributed by atoms with van der Waals surface area (Å²) in [7, 11) is 1.22. The smallest absolute Gasteiger partial charge is 0.339 e. The second kappa shape index (κ2) is 7.56. The lowest BCUT2D eigenvalue weighted by Gasteiger charge is -2.30. The van der Waals surface area contributed by atoms with E-state index in [0.29, 0.717) is 18.5 Å². The second-order valence-electron chi connectivity index (χ2n) is 6.70. The molecule has 4 amide bonds. The number of carbonyl (C=O) groups excluding carboxylic acids is 4. The highest BCUT2D eigenvalue weighted by atomic mass is 35.5. The molecule has 1 spiro atoms. The first-order valence-electron chi connectivity index (χ1n) is 8.68. The summed E-state index contributed by atoms with van der Waals surface area (Å²) in [6, 6.07) is 3.79. The van der Waals surface area contributed by atoms with Crippen molar-refractivity contribution in [3.05, 3.63) is 28.8 Å². The van der Waals surface area contributed by atoms with Gasteiger partial charge in [0.1, 0.15) is 12.1 Å². The Morgan fingerprint density at radius 1 is 1.26 bits per heavy atom. The fourth-order valence-electron chi connectivity index (χ4n) is 3.53. The van der Waals surface area contributed by atoms with Crippen molar-refractivity contribution in [1.82, 2.24) is 10.2 Å². The third-order valence-corrected chi connectivity index (χ3v) is 5.24. The van der Waals surface area contributed by atoms with Crippen molar-refractivity contribution in [2.45, 2.75) is 37.6 Å². The SMILES string of the molecule is COC(=O)c1cc(NC(=O)CN2C(=O)NC3(CCCCC3)C2=O)ccc1Cl. The first-order chi connectivity index (χ1) is 12.9. The van der Waals surface area contributed by atoms with E-state index >= 15 is 0 Å². The standard InChI is InChI=1S/C18H20ClN3O5/c1-27-15(24)12-9-11(5-6-13(12)19)20-14(23)10-22-16(25)18(21-17(22)26)7-3-2-4-8-18/h5-6,9H,2-4,7-8,10H2,1H3,(H,20,23)(H,21,26). The average Bonchev–Trinajstić information content (AvgIpc) is 2.87. The molecule has 1 aromatic carbocycles. The Labute approximate surface area is 161 Å². The Hall–Kier alpha value is -2.61. The summed E-state index contributed by atoms with van der Waals surface area (Å²) in [5.74, 6) is -1.54. The predicted octanol–water partition coefficient (Wildman–Crippen LogP) is 2.32. The molecule has 1 aromatic rings. The lowest BCUT2D eigenvalue weighted by atomic mass is 9.82. The third-order valence-electron chi connectivity index (χ3n) is 4.91. The molecule has 144 valence electrons. The van der Waals surface area contributed by atoms with E-state index in [9.17, 15) is 19.2 Å². The van der Waals surface area contributed by atoms with Gasteiger partial charge in [-0.2, -0.15) is 0 Å². The Morgan fingerprint density at radius 3 is 2.63 bits per heavy atom. The molecule has 1 saturated heterocycles. The number of halogens is 1. The van der Waals surface area contributed by atoms with Gasteiger partial charge in [0.05, 0.1) is 17.7 Å². The van der Waals surface area contributed by atoms with Crippen LogP contribution in [0.4, 0.5) is 10.5 Å². The van der Waals surface area contributed by atoms with Crippen molar-refractivity contribution >= 4 is 41.1 Å². The highest BCUT2D eigenvalue weighted by molar-refractivity contribution is 6.33. The fraction of sp³-hybridized carbons (Fsp3) is 0.444.